The molecule has 0 aliphatic carbocycles. The molecule has 1 amide bonds. The van der Waals surface area contributed by atoms with Gasteiger partial charge in [-0.05, 0) is 12.5 Å². The molecule has 0 saturated heterocycles. The van der Waals surface area contributed by atoms with Crippen molar-refractivity contribution >= 4 is 16.0 Å². The van der Waals surface area contributed by atoms with Crippen LogP contribution in [0.25, 0.3) is 0 Å². The summed E-state index contributed by atoms with van der Waals surface area (Å²) in [5, 5.41) is 4.54. The van der Waals surface area contributed by atoms with Crippen molar-refractivity contribution in [2.24, 2.45) is 0 Å². The van der Waals surface area contributed by atoms with Crippen molar-refractivity contribution in [3.8, 4) is 0 Å². The molecular formula is C10H12N4O4S. The van der Waals surface area contributed by atoms with Crippen LogP contribution in [-0.2, 0) is 21.3 Å². The number of carbonyl (C=O) groups excluding carboxylic acids is 1. The molecule has 102 valence electrons. The largest absolute Gasteiger partial charge is 0.356 e. The molecule has 2 rings (SSSR count). The summed E-state index contributed by atoms with van der Waals surface area (Å²) in [5.74, 6) is 0.0531. The molecule has 0 aromatic carbocycles. The lowest BCUT2D eigenvalue weighted by Crippen LogP contribution is -2.52. The molecule has 1 aliphatic heterocycles. The van der Waals surface area contributed by atoms with Crippen LogP contribution in [0.3, 0.4) is 0 Å². The van der Waals surface area contributed by atoms with Gasteiger partial charge in [0.05, 0.1) is 0 Å². The Morgan fingerprint density at radius 2 is 2.00 bits per heavy atom. The topological polar surface area (TPSA) is 121 Å². The lowest BCUT2D eigenvalue weighted by atomic mass is 10.1. The number of hydrogen-bond acceptors (Lipinski definition) is 6. The van der Waals surface area contributed by atoms with Crippen LogP contribution in [0.1, 0.15) is 11.4 Å². The van der Waals surface area contributed by atoms with Crippen LogP contribution in [0.2, 0.25) is 0 Å². The number of nitrogens with one attached hydrogen (secondary N) is 2. The van der Waals surface area contributed by atoms with Gasteiger partial charge in [-0.2, -0.15) is 8.42 Å². The van der Waals surface area contributed by atoms with Crippen LogP contribution in [0.15, 0.2) is 24.2 Å². The molecule has 2 heterocycles. The monoisotopic (exact) mass is 284 g/mol. The Labute approximate surface area is 109 Å². The summed E-state index contributed by atoms with van der Waals surface area (Å²) in [6.07, 6.45) is 4.70. The average Bonchev–Trinajstić information content (AvgIpc) is 2.33. The molecular weight excluding hydrogens is 272 g/mol. The first-order chi connectivity index (χ1) is 8.86. The van der Waals surface area contributed by atoms with E-state index in [4.69, 9.17) is 4.55 Å². The van der Waals surface area contributed by atoms with E-state index in [0.29, 0.717) is 11.4 Å². The van der Waals surface area contributed by atoms with E-state index in [1.165, 1.54) is 6.20 Å². The van der Waals surface area contributed by atoms with E-state index < -0.39 is 21.5 Å². The molecule has 0 saturated carbocycles. The van der Waals surface area contributed by atoms with Crippen LogP contribution in [0.5, 0.6) is 0 Å². The second-order valence-corrected chi connectivity index (χ2v) is 5.52. The number of rotatable bonds is 3. The lowest BCUT2D eigenvalue weighted by molar-refractivity contribution is -0.118. The molecule has 0 spiro atoms. The predicted molar refractivity (Wildman–Crippen MR) is 65.2 cm³/mol. The molecule has 1 aliphatic rings. The Bertz CT molecular complexity index is 623. The Balaban J connectivity index is 2.12. The van der Waals surface area contributed by atoms with Crippen molar-refractivity contribution in [2.75, 3.05) is 0 Å². The number of hydrogen-bond donors (Lipinski definition) is 3. The van der Waals surface area contributed by atoms with E-state index in [1.807, 2.05) is 0 Å². The zero-order valence-corrected chi connectivity index (χ0v) is 10.8. The van der Waals surface area contributed by atoms with Crippen molar-refractivity contribution in [1.29, 1.82) is 0 Å². The van der Waals surface area contributed by atoms with E-state index in [0.717, 1.165) is 5.56 Å². The number of nitrogens with zero attached hydrogens (tertiary/aromatic N) is 2. The lowest BCUT2D eigenvalue weighted by Gasteiger charge is -2.22. The standard InChI is InChI=1S/C10H12N4O4S/c1-6-11-3-7(4-12-6)2-8-5-13-10(14-9(8)15)19(16,17)18/h3-5,10,13H,2H2,1H3,(H,14,15)(H,16,17,18). The zero-order valence-electron chi connectivity index (χ0n) is 9.99. The number of aryl methyl sites for hydroxylation is 1. The van der Waals surface area contributed by atoms with Crippen molar-refractivity contribution in [3.63, 3.8) is 0 Å². The van der Waals surface area contributed by atoms with Gasteiger partial charge >= 0.3 is 10.1 Å². The average molecular weight is 284 g/mol. The highest BCUT2D eigenvalue weighted by Crippen LogP contribution is 2.10. The van der Waals surface area contributed by atoms with Crippen molar-refractivity contribution in [1.82, 2.24) is 20.6 Å². The molecule has 19 heavy (non-hydrogen) atoms. The van der Waals surface area contributed by atoms with E-state index in [2.05, 4.69) is 20.6 Å². The van der Waals surface area contributed by atoms with Gasteiger partial charge < -0.3 is 10.6 Å². The zero-order chi connectivity index (χ0) is 14.0. The minimum Gasteiger partial charge on any atom is -0.356 e. The molecule has 1 unspecified atom stereocenters. The van der Waals surface area contributed by atoms with Crippen LogP contribution >= 0.6 is 0 Å². The third kappa shape index (κ3) is 3.26. The maximum atomic E-state index is 11.7. The second kappa shape index (κ2) is 4.94. The number of carbonyl (C=O) groups is 1. The third-order valence-electron chi connectivity index (χ3n) is 2.49. The van der Waals surface area contributed by atoms with Gasteiger partial charge in [0.15, 0.2) is 0 Å². The molecule has 3 N–H and O–H groups in total. The van der Waals surface area contributed by atoms with E-state index in [-0.39, 0.29) is 6.42 Å². The fourth-order valence-electron chi connectivity index (χ4n) is 1.52. The quantitative estimate of drug-likeness (QED) is 0.615. The van der Waals surface area contributed by atoms with Gasteiger partial charge in [0.2, 0.25) is 5.50 Å². The fraction of sp³-hybridized carbons (Fsp3) is 0.300. The van der Waals surface area contributed by atoms with Gasteiger partial charge in [0, 0.05) is 30.6 Å². The molecule has 1 aromatic heterocycles. The van der Waals surface area contributed by atoms with Crippen molar-refractivity contribution < 1.29 is 17.8 Å². The van der Waals surface area contributed by atoms with Gasteiger partial charge in [0.25, 0.3) is 5.91 Å². The van der Waals surface area contributed by atoms with Gasteiger partial charge in [-0.1, -0.05) is 0 Å². The first kappa shape index (κ1) is 13.4. The molecule has 1 atom stereocenters. The highest BCUT2D eigenvalue weighted by Gasteiger charge is 2.28. The maximum absolute atomic E-state index is 11.7. The minimum absolute atomic E-state index is 0.261. The Hall–Kier alpha value is -2.00. The van der Waals surface area contributed by atoms with Gasteiger partial charge in [-0.25, -0.2) is 9.97 Å². The summed E-state index contributed by atoms with van der Waals surface area (Å²) in [6, 6.07) is 0. The summed E-state index contributed by atoms with van der Waals surface area (Å²) in [7, 11) is -4.37. The van der Waals surface area contributed by atoms with E-state index >= 15 is 0 Å². The Kier molecular flexibility index (Phi) is 3.49. The number of aromatic nitrogens is 2. The van der Waals surface area contributed by atoms with E-state index in [1.54, 1.807) is 19.3 Å². The van der Waals surface area contributed by atoms with Crippen LogP contribution in [0, 0.1) is 6.92 Å². The van der Waals surface area contributed by atoms with Crippen molar-refractivity contribution in [2.45, 2.75) is 18.8 Å². The van der Waals surface area contributed by atoms with Crippen LogP contribution in [0.4, 0.5) is 0 Å². The molecule has 9 heteroatoms. The normalized spacial score (nSPS) is 19.4. The Morgan fingerprint density at radius 1 is 1.37 bits per heavy atom. The molecule has 1 aromatic rings. The Morgan fingerprint density at radius 3 is 2.53 bits per heavy atom. The first-order valence-corrected chi connectivity index (χ1v) is 6.86. The molecule has 0 bridgehead atoms. The van der Waals surface area contributed by atoms with Gasteiger partial charge in [-0.15, -0.1) is 0 Å². The van der Waals surface area contributed by atoms with Gasteiger partial charge in [-0.3, -0.25) is 9.35 Å². The summed E-state index contributed by atoms with van der Waals surface area (Å²) >= 11 is 0. The summed E-state index contributed by atoms with van der Waals surface area (Å²) in [4.78, 5) is 19.7. The molecule has 0 radical (unpaired) electrons. The van der Waals surface area contributed by atoms with E-state index in [9.17, 15) is 13.2 Å². The first-order valence-electron chi connectivity index (χ1n) is 5.36. The highest BCUT2D eigenvalue weighted by molar-refractivity contribution is 7.86. The SMILES string of the molecule is Cc1ncc(CC2=CNC(S(=O)(=O)O)NC2=O)cn1. The molecule has 0 fully saturated rings. The van der Waals surface area contributed by atoms with Gasteiger partial charge in [0.1, 0.15) is 5.82 Å². The summed E-state index contributed by atoms with van der Waals surface area (Å²) in [6.45, 7) is 1.74. The number of amides is 1. The predicted octanol–water partition coefficient (Wildman–Crippen LogP) is -0.898. The molecule has 8 nitrogen and oxygen atoms in total. The summed E-state index contributed by atoms with van der Waals surface area (Å²) < 4.78 is 30.5. The van der Waals surface area contributed by atoms with Crippen LogP contribution < -0.4 is 10.6 Å². The van der Waals surface area contributed by atoms with Crippen molar-refractivity contribution in [3.05, 3.63) is 35.6 Å². The maximum Gasteiger partial charge on any atom is 0.305 e. The second-order valence-electron chi connectivity index (χ2n) is 4.02. The smallest absolute Gasteiger partial charge is 0.305 e. The minimum atomic E-state index is -4.37. The van der Waals surface area contributed by atoms with Crippen LogP contribution in [-0.4, -0.2) is 34.3 Å². The third-order valence-corrected chi connectivity index (χ3v) is 3.34. The summed E-state index contributed by atoms with van der Waals surface area (Å²) in [5.41, 5.74) is -0.468. The highest BCUT2D eigenvalue weighted by atomic mass is 32.2. The fourth-order valence-corrected chi connectivity index (χ4v) is 2.01.